The molecule has 0 fully saturated rings. The molecule has 0 saturated heterocycles. The fraction of sp³-hybridized carbons (Fsp3) is 0.286. The molecule has 11 heteroatoms. The summed E-state index contributed by atoms with van der Waals surface area (Å²) in [5.74, 6) is -1.55. The maximum Gasteiger partial charge on any atom is 0.339 e. The molecule has 204 valence electrons. The summed E-state index contributed by atoms with van der Waals surface area (Å²) in [7, 11) is 2.94. The van der Waals surface area contributed by atoms with Crippen LogP contribution in [0.5, 0.6) is 11.5 Å². The number of aryl methyl sites for hydroxylation is 1. The van der Waals surface area contributed by atoms with Crippen LogP contribution in [0.3, 0.4) is 0 Å². The number of primary amides is 1. The molecule has 11 nitrogen and oxygen atoms in total. The molecule has 0 atom stereocenters. The van der Waals surface area contributed by atoms with E-state index in [-0.39, 0.29) is 47.0 Å². The molecule has 1 aliphatic carbocycles. The largest absolute Gasteiger partial charge is 0.464 e. The number of ketones is 1. The molecule has 0 bridgehead atoms. The number of allylic oxidation sites excluding steroid dienone is 2. The molecular formula is C28H27NO10. The van der Waals surface area contributed by atoms with Crippen LogP contribution in [0.15, 0.2) is 39.7 Å². The summed E-state index contributed by atoms with van der Waals surface area (Å²) >= 11 is 0. The fourth-order valence-electron chi connectivity index (χ4n) is 4.30. The monoisotopic (exact) mass is 537 g/mol. The van der Waals surface area contributed by atoms with Crippen LogP contribution < -0.4 is 20.6 Å². The van der Waals surface area contributed by atoms with Gasteiger partial charge in [0.15, 0.2) is 37.5 Å². The van der Waals surface area contributed by atoms with Crippen LogP contribution in [0.2, 0.25) is 0 Å². The van der Waals surface area contributed by atoms with E-state index in [4.69, 9.17) is 33.8 Å². The predicted molar refractivity (Wildman–Crippen MR) is 139 cm³/mol. The smallest absolute Gasteiger partial charge is 0.339 e. The van der Waals surface area contributed by atoms with E-state index in [1.165, 1.54) is 26.5 Å². The Labute approximate surface area is 223 Å². The van der Waals surface area contributed by atoms with Gasteiger partial charge in [0, 0.05) is 25.4 Å². The van der Waals surface area contributed by atoms with E-state index in [0.717, 1.165) is 0 Å². The number of hydrogen-bond donors (Lipinski definition) is 1. The summed E-state index contributed by atoms with van der Waals surface area (Å²) < 4.78 is 31.9. The van der Waals surface area contributed by atoms with Crippen molar-refractivity contribution in [2.24, 2.45) is 5.73 Å². The van der Waals surface area contributed by atoms with Crippen LogP contribution in [0.25, 0.3) is 16.5 Å². The van der Waals surface area contributed by atoms with Crippen molar-refractivity contribution in [3.8, 4) is 11.5 Å². The van der Waals surface area contributed by atoms with Gasteiger partial charge in [-0.25, -0.2) is 4.79 Å². The molecule has 1 aromatic heterocycles. The van der Waals surface area contributed by atoms with Gasteiger partial charge in [0.1, 0.15) is 11.8 Å². The van der Waals surface area contributed by atoms with Gasteiger partial charge in [-0.1, -0.05) is 6.08 Å². The second kappa shape index (κ2) is 11.5. The Bertz CT molecular complexity index is 1570. The Morgan fingerprint density at radius 1 is 0.974 bits per heavy atom. The molecule has 0 spiro atoms. The molecule has 0 radical (unpaired) electrons. The molecular weight excluding hydrogens is 510 g/mol. The first-order valence-electron chi connectivity index (χ1n) is 11.8. The SMILES string of the molecule is COCOc1cc2c(cc1OCOC)C(=O)C(c1coc3cc(C)c(C)c(C(=O)OCC(N)=O)c3c1=O)=CC2. The maximum atomic E-state index is 13.8. The third kappa shape index (κ3) is 5.40. The molecule has 3 aromatic rings. The minimum Gasteiger partial charge on any atom is -0.464 e. The lowest BCUT2D eigenvalue weighted by Gasteiger charge is -2.20. The highest BCUT2D eigenvalue weighted by molar-refractivity contribution is 6.30. The number of fused-ring (bicyclic) bond motifs is 2. The molecule has 1 heterocycles. The highest BCUT2D eigenvalue weighted by Crippen LogP contribution is 2.36. The Balaban J connectivity index is 1.82. The van der Waals surface area contributed by atoms with Crippen molar-refractivity contribution in [3.63, 3.8) is 0 Å². The molecule has 39 heavy (non-hydrogen) atoms. The van der Waals surface area contributed by atoms with Gasteiger partial charge in [0.2, 0.25) is 5.43 Å². The van der Waals surface area contributed by atoms with Gasteiger partial charge in [-0.2, -0.15) is 0 Å². The Kier molecular flexibility index (Phi) is 8.12. The highest BCUT2D eigenvalue weighted by atomic mass is 16.7. The third-order valence-electron chi connectivity index (χ3n) is 6.28. The first-order valence-corrected chi connectivity index (χ1v) is 11.8. The number of ether oxygens (including phenoxy) is 5. The lowest BCUT2D eigenvalue weighted by molar-refractivity contribution is -0.121. The Hall–Kier alpha value is -4.48. The number of hydrogen-bond acceptors (Lipinski definition) is 10. The number of esters is 1. The molecule has 0 aliphatic heterocycles. The summed E-state index contributed by atoms with van der Waals surface area (Å²) in [6.45, 7) is 2.63. The summed E-state index contributed by atoms with van der Waals surface area (Å²) in [6, 6.07) is 4.82. The predicted octanol–water partition coefficient (Wildman–Crippen LogP) is 2.84. The average Bonchev–Trinajstić information content (AvgIpc) is 2.91. The topological polar surface area (TPSA) is 154 Å². The van der Waals surface area contributed by atoms with Crippen molar-refractivity contribution in [3.05, 3.63) is 74.1 Å². The van der Waals surface area contributed by atoms with E-state index in [2.05, 4.69) is 0 Å². The quantitative estimate of drug-likeness (QED) is 0.302. The highest BCUT2D eigenvalue weighted by Gasteiger charge is 2.29. The van der Waals surface area contributed by atoms with Crippen molar-refractivity contribution in [1.29, 1.82) is 0 Å². The Morgan fingerprint density at radius 3 is 2.28 bits per heavy atom. The van der Waals surface area contributed by atoms with Crippen LogP contribution in [0.1, 0.15) is 43.0 Å². The number of benzene rings is 2. The second-order valence-corrected chi connectivity index (χ2v) is 8.80. The van der Waals surface area contributed by atoms with Crippen molar-refractivity contribution in [2.45, 2.75) is 20.3 Å². The number of amides is 1. The number of carbonyl (C=O) groups excluding carboxylic acids is 3. The minimum atomic E-state index is -0.901. The van der Waals surface area contributed by atoms with Gasteiger partial charge in [-0.15, -0.1) is 0 Å². The molecule has 0 saturated carbocycles. The van der Waals surface area contributed by atoms with Crippen molar-refractivity contribution in [1.82, 2.24) is 0 Å². The number of Topliss-reactive ketones (excluding diaryl/α,β-unsaturated/α-hetero) is 1. The summed E-state index contributed by atoms with van der Waals surface area (Å²) in [6.07, 6.45) is 3.12. The molecule has 4 rings (SSSR count). The van der Waals surface area contributed by atoms with E-state index in [9.17, 15) is 19.2 Å². The Morgan fingerprint density at radius 2 is 1.64 bits per heavy atom. The first kappa shape index (κ1) is 27.6. The van der Waals surface area contributed by atoms with Gasteiger partial charge < -0.3 is 33.8 Å². The zero-order valence-corrected chi connectivity index (χ0v) is 21.9. The van der Waals surface area contributed by atoms with Crippen LogP contribution in [0, 0.1) is 13.8 Å². The fourth-order valence-corrected chi connectivity index (χ4v) is 4.30. The lowest BCUT2D eigenvalue weighted by atomic mass is 9.86. The average molecular weight is 538 g/mol. The van der Waals surface area contributed by atoms with Crippen LogP contribution >= 0.6 is 0 Å². The number of rotatable bonds is 10. The molecule has 1 amide bonds. The van der Waals surface area contributed by atoms with Crippen molar-refractivity contribution < 1.29 is 42.5 Å². The van der Waals surface area contributed by atoms with E-state index in [1.807, 2.05) is 0 Å². The molecule has 1 aliphatic rings. The number of methoxy groups -OCH3 is 2. The van der Waals surface area contributed by atoms with Gasteiger partial charge in [-0.3, -0.25) is 14.4 Å². The van der Waals surface area contributed by atoms with E-state index in [0.29, 0.717) is 34.4 Å². The van der Waals surface area contributed by atoms with E-state index >= 15 is 0 Å². The summed E-state index contributed by atoms with van der Waals surface area (Å²) in [4.78, 5) is 51.5. The van der Waals surface area contributed by atoms with Gasteiger partial charge in [0.05, 0.1) is 16.5 Å². The van der Waals surface area contributed by atoms with Crippen LogP contribution in [0.4, 0.5) is 0 Å². The third-order valence-corrected chi connectivity index (χ3v) is 6.28. The first-order chi connectivity index (χ1) is 18.7. The van der Waals surface area contributed by atoms with Gasteiger partial charge in [-0.05, 0) is 55.2 Å². The number of carbonyl (C=O) groups is 3. The van der Waals surface area contributed by atoms with Gasteiger partial charge >= 0.3 is 5.97 Å². The molecule has 2 N–H and O–H groups in total. The van der Waals surface area contributed by atoms with E-state index in [1.54, 1.807) is 32.1 Å². The zero-order chi connectivity index (χ0) is 28.3. The normalized spacial score (nSPS) is 12.6. The molecule has 0 unspecified atom stereocenters. The van der Waals surface area contributed by atoms with Crippen molar-refractivity contribution >= 4 is 34.2 Å². The standard InChI is InChI=1S/C28H27NO10/c1-14-7-22-25(24(15(14)2)28(33)37-11-23(29)30)27(32)19(10-36-22)17-6-5-16-8-20(38-12-34-3)21(39-13-35-4)9-18(16)26(17)31/h6-10H,5,11-13H2,1-4H3,(H2,29,30). The zero-order valence-electron chi connectivity index (χ0n) is 21.9. The van der Waals surface area contributed by atoms with Crippen LogP contribution in [-0.4, -0.2) is 52.1 Å². The summed E-state index contributed by atoms with van der Waals surface area (Å²) in [5.41, 5.74) is 6.79. The lowest BCUT2D eigenvalue weighted by Crippen LogP contribution is -2.23. The van der Waals surface area contributed by atoms with Gasteiger partial charge in [0.25, 0.3) is 5.91 Å². The summed E-state index contributed by atoms with van der Waals surface area (Å²) in [5, 5.41) is -0.0583. The van der Waals surface area contributed by atoms with E-state index < -0.39 is 29.7 Å². The minimum absolute atomic E-state index is 0.0237. The number of nitrogens with two attached hydrogens (primary N) is 1. The van der Waals surface area contributed by atoms with Crippen LogP contribution in [-0.2, 0) is 25.4 Å². The maximum absolute atomic E-state index is 13.8. The van der Waals surface area contributed by atoms with Crippen molar-refractivity contribution in [2.75, 3.05) is 34.4 Å². The second-order valence-electron chi connectivity index (χ2n) is 8.80. The molecule has 2 aromatic carbocycles.